The number of hydrogen-bond donors (Lipinski definition) is 1. The first kappa shape index (κ1) is 21.7. The lowest BCUT2D eigenvalue weighted by atomic mass is 10.0. The highest BCUT2D eigenvalue weighted by Gasteiger charge is 2.19. The van der Waals surface area contributed by atoms with E-state index in [1.165, 1.54) is 11.3 Å². The lowest BCUT2D eigenvalue weighted by Gasteiger charge is -2.09. The van der Waals surface area contributed by atoms with E-state index in [0.29, 0.717) is 44.0 Å². The smallest absolute Gasteiger partial charge is 0.260 e. The molecule has 0 fully saturated rings. The van der Waals surface area contributed by atoms with Crippen molar-refractivity contribution in [2.75, 3.05) is 14.2 Å². The van der Waals surface area contributed by atoms with Gasteiger partial charge in [0, 0.05) is 16.9 Å². The number of thiophene rings is 1. The Labute approximate surface area is 193 Å². The number of H-pyrrole nitrogens is 1. The number of ether oxygens (including phenoxy) is 2. The number of fused-ring (bicyclic) bond motifs is 1. The number of methoxy groups -OCH3 is 2. The van der Waals surface area contributed by atoms with Gasteiger partial charge in [0.1, 0.15) is 10.7 Å². The van der Waals surface area contributed by atoms with Gasteiger partial charge < -0.3 is 14.5 Å². The Morgan fingerprint density at radius 2 is 1.81 bits per heavy atom. The van der Waals surface area contributed by atoms with Crippen LogP contribution in [0, 0.1) is 0 Å². The van der Waals surface area contributed by atoms with Gasteiger partial charge in [-0.05, 0) is 41.8 Å². The lowest BCUT2D eigenvalue weighted by molar-refractivity contribution is 0.354. The number of halogens is 2. The molecule has 0 amide bonds. The number of hydrogen-bond acceptors (Lipinski definition) is 5. The summed E-state index contributed by atoms with van der Waals surface area (Å²) in [5.41, 5.74) is 2.51. The molecule has 0 saturated heterocycles. The van der Waals surface area contributed by atoms with Crippen LogP contribution in [0.3, 0.4) is 0 Å². The second-order valence-electron chi connectivity index (χ2n) is 6.94. The van der Waals surface area contributed by atoms with E-state index >= 15 is 0 Å². The minimum atomic E-state index is -0.169. The number of nitrogens with one attached hydrogen (secondary N) is 1. The molecular formula is C23H20Cl2N2O3S. The standard InChI is InChI=1S/C23H20Cl2N2O3S/c1-4-18-20(13-6-7-14(24)15(25)11-13)21-22(28)26-19(27-23(21)31-18)10-12-5-8-16(29-2)17(9-12)30-3/h5-9,11H,4,10H2,1-3H3,(H,26,27,28). The molecular weight excluding hydrogens is 455 g/mol. The summed E-state index contributed by atoms with van der Waals surface area (Å²) < 4.78 is 10.7. The van der Waals surface area contributed by atoms with Crippen LogP contribution in [0.15, 0.2) is 41.2 Å². The van der Waals surface area contributed by atoms with Crippen molar-refractivity contribution >= 4 is 44.8 Å². The van der Waals surface area contributed by atoms with Crippen LogP contribution < -0.4 is 15.0 Å². The van der Waals surface area contributed by atoms with Gasteiger partial charge >= 0.3 is 0 Å². The fraction of sp³-hybridized carbons (Fsp3) is 0.217. The molecule has 0 spiro atoms. The molecule has 0 atom stereocenters. The van der Waals surface area contributed by atoms with Crippen molar-refractivity contribution in [2.45, 2.75) is 19.8 Å². The van der Waals surface area contributed by atoms with Crippen molar-refractivity contribution in [3.63, 3.8) is 0 Å². The molecule has 0 saturated carbocycles. The molecule has 1 N–H and O–H groups in total. The Bertz CT molecular complexity index is 1330. The van der Waals surface area contributed by atoms with Crippen molar-refractivity contribution in [1.82, 2.24) is 9.97 Å². The van der Waals surface area contributed by atoms with Crippen LogP contribution in [0.4, 0.5) is 0 Å². The zero-order chi connectivity index (χ0) is 22.1. The van der Waals surface area contributed by atoms with Crippen molar-refractivity contribution in [1.29, 1.82) is 0 Å². The van der Waals surface area contributed by atoms with Gasteiger partial charge in [0.15, 0.2) is 11.5 Å². The molecule has 4 rings (SSSR count). The van der Waals surface area contributed by atoms with Crippen molar-refractivity contribution in [2.24, 2.45) is 0 Å². The molecule has 160 valence electrons. The van der Waals surface area contributed by atoms with Gasteiger partial charge in [-0.2, -0.15) is 0 Å². The molecule has 2 aromatic carbocycles. The molecule has 4 aromatic rings. The fourth-order valence-electron chi connectivity index (χ4n) is 3.57. The highest BCUT2D eigenvalue weighted by atomic mass is 35.5. The van der Waals surface area contributed by atoms with E-state index in [4.69, 9.17) is 37.7 Å². The SMILES string of the molecule is CCc1sc2nc(Cc3ccc(OC)c(OC)c3)[nH]c(=O)c2c1-c1ccc(Cl)c(Cl)c1. The van der Waals surface area contributed by atoms with Gasteiger partial charge in [-0.25, -0.2) is 4.98 Å². The molecule has 0 bridgehead atoms. The van der Waals surface area contributed by atoms with Crippen LogP contribution in [0.2, 0.25) is 10.0 Å². The molecule has 0 aliphatic heterocycles. The average Bonchev–Trinajstić information content (AvgIpc) is 3.14. The first-order chi connectivity index (χ1) is 14.9. The molecule has 0 aliphatic carbocycles. The lowest BCUT2D eigenvalue weighted by Crippen LogP contribution is -2.12. The minimum absolute atomic E-state index is 0.169. The highest BCUT2D eigenvalue weighted by molar-refractivity contribution is 7.19. The Balaban J connectivity index is 1.80. The van der Waals surface area contributed by atoms with Crippen molar-refractivity contribution in [3.8, 4) is 22.6 Å². The highest BCUT2D eigenvalue weighted by Crippen LogP contribution is 2.38. The van der Waals surface area contributed by atoms with E-state index < -0.39 is 0 Å². The predicted molar refractivity (Wildman–Crippen MR) is 127 cm³/mol. The van der Waals surface area contributed by atoms with Crippen LogP contribution in [0.1, 0.15) is 23.2 Å². The Morgan fingerprint density at radius 3 is 2.48 bits per heavy atom. The number of aromatic amines is 1. The average molecular weight is 475 g/mol. The maximum atomic E-state index is 13.1. The van der Waals surface area contributed by atoms with Gasteiger partial charge in [0.25, 0.3) is 5.56 Å². The normalized spacial score (nSPS) is 11.1. The number of aryl methyl sites for hydroxylation is 1. The Hall–Kier alpha value is -2.54. The number of nitrogens with zero attached hydrogens (tertiary/aromatic N) is 1. The maximum absolute atomic E-state index is 13.1. The van der Waals surface area contributed by atoms with Crippen molar-refractivity contribution < 1.29 is 9.47 Å². The van der Waals surface area contributed by atoms with Crippen LogP contribution in [0.25, 0.3) is 21.3 Å². The predicted octanol–water partition coefficient (Wildman–Crippen LogP) is 6.13. The third-order valence-corrected chi connectivity index (χ3v) is 7.00. The first-order valence-electron chi connectivity index (χ1n) is 9.66. The van der Waals surface area contributed by atoms with Gasteiger partial charge in [-0.15, -0.1) is 11.3 Å². The van der Waals surface area contributed by atoms with Crippen molar-refractivity contribution in [3.05, 3.63) is 73.1 Å². The molecule has 0 unspecified atom stereocenters. The van der Waals surface area contributed by atoms with Crippen LogP contribution >= 0.6 is 34.5 Å². The van der Waals surface area contributed by atoms with E-state index in [1.54, 1.807) is 26.4 Å². The summed E-state index contributed by atoms with van der Waals surface area (Å²) in [6.45, 7) is 2.06. The summed E-state index contributed by atoms with van der Waals surface area (Å²) in [7, 11) is 3.19. The molecule has 5 nitrogen and oxygen atoms in total. The Morgan fingerprint density at radius 1 is 1.03 bits per heavy atom. The summed E-state index contributed by atoms with van der Waals surface area (Å²) in [5, 5.41) is 1.51. The molecule has 8 heteroatoms. The van der Waals surface area contributed by atoms with E-state index in [-0.39, 0.29) is 5.56 Å². The second kappa shape index (κ2) is 8.91. The molecule has 0 aliphatic rings. The quantitative estimate of drug-likeness (QED) is 0.365. The molecule has 31 heavy (non-hydrogen) atoms. The molecule has 2 heterocycles. The third-order valence-electron chi connectivity index (χ3n) is 5.03. The van der Waals surface area contributed by atoms with E-state index in [0.717, 1.165) is 28.0 Å². The van der Waals surface area contributed by atoms with E-state index in [2.05, 4.69) is 11.9 Å². The van der Waals surface area contributed by atoms with E-state index in [1.807, 2.05) is 24.3 Å². The summed E-state index contributed by atoms with van der Waals surface area (Å²) in [5.74, 6) is 1.88. The number of benzene rings is 2. The topological polar surface area (TPSA) is 64.2 Å². The molecule has 2 aromatic heterocycles. The monoisotopic (exact) mass is 474 g/mol. The first-order valence-corrected chi connectivity index (χ1v) is 11.2. The van der Waals surface area contributed by atoms with Crippen LogP contribution in [-0.2, 0) is 12.8 Å². The molecule has 0 radical (unpaired) electrons. The van der Waals surface area contributed by atoms with Gasteiger partial charge in [-0.1, -0.05) is 42.3 Å². The van der Waals surface area contributed by atoms with Gasteiger partial charge in [0.05, 0.1) is 29.7 Å². The zero-order valence-electron chi connectivity index (χ0n) is 17.2. The van der Waals surface area contributed by atoms with Gasteiger partial charge in [-0.3, -0.25) is 4.79 Å². The largest absolute Gasteiger partial charge is 0.493 e. The fourth-order valence-corrected chi connectivity index (χ4v) is 5.02. The van der Waals surface area contributed by atoms with Crippen LogP contribution in [0.5, 0.6) is 11.5 Å². The number of aromatic nitrogens is 2. The second-order valence-corrected chi connectivity index (χ2v) is 8.84. The Kier molecular flexibility index (Phi) is 6.23. The summed E-state index contributed by atoms with van der Waals surface area (Å²) in [6, 6.07) is 11.1. The van der Waals surface area contributed by atoms with Gasteiger partial charge in [0.2, 0.25) is 0 Å². The summed E-state index contributed by atoms with van der Waals surface area (Å²) in [4.78, 5) is 22.6. The summed E-state index contributed by atoms with van der Waals surface area (Å²) >= 11 is 13.8. The maximum Gasteiger partial charge on any atom is 0.260 e. The third kappa shape index (κ3) is 4.15. The zero-order valence-corrected chi connectivity index (χ0v) is 19.5. The van der Waals surface area contributed by atoms with E-state index in [9.17, 15) is 4.79 Å². The minimum Gasteiger partial charge on any atom is -0.493 e. The number of rotatable bonds is 6. The summed E-state index contributed by atoms with van der Waals surface area (Å²) in [6.07, 6.45) is 1.24. The van der Waals surface area contributed by atoms with Crippen LogP contribution in [-0.4, -0.2) is 24.2 Å².